The highest BCUT2D eigenvalue weighted by Crippen LogP contribution is 2.20. The van der Waals surface area contributed by atoms with Crippen LogP contribution in [-0.4, -0.2) is 24.9 Å². The number of rotatable bonds is 4. The summed E-state index contributed by atoms with van der Waals surface area (Å²) in [6, 6.07) is 9.93. The van der Waals surface area contributed by atoms with Crippen LogP contribution in [0.25, 0.3) is 0 Å². The van der Waals surface area contributed by atoms with Gasteiger partial charge in [0.1, 0.15) is 0 Å². The van der Waals surface area contributed by atoms with Crippen molar-refractivity contribution in [3.05, 3.63) is 51.7 Å². The summed E-state index contributed by atoms with van der Waals surface area (Å²) in [5.41, 5.74) is 2.68. The Hall–Kier alpha value is -1.81. The highest BCUT2D eigenvalue weighted by molar-refractivity contribution is 7.09. The van der Waals surface area contributed by atoms with Crippen molar-refractivity contribution in [2.45, 2.75) is 13.5 Å². The van der Waals surface area contributed by atoms with Crippen molar-refractivity contribution in [3.63, 3.8) is 0 Å². The lowest BCUT2D eigenvalue weighted by Gasteiger charge is -2.18. The molecule has 1 aromatic heterocycles. The lowest BCUT2D eigenvalue weighted by Crippen LogP contribution is -2.26. The van der Waals surface area contributed by atoms with Crippen LogP contribution in [0.5, 0.6) is 0 Å². The van der Waals surface area contributed by atoms with E-state index < -0.39 is 0 Å². The van der Waals surface area contributed by atoms with Gasteiger partial charge in [-0.15, -0.1) is 11.3 Å². The molecule has 0 atom stereocenters. The number of aryl methyl sites for hydroxylation is 1. The van der Waals surface area contributed by atoms with Crippen LogP contribution in [0.3, 0.4) is 0 Å². The summed E-state index contributed by atoms with van der Waals surface area (Å²) in [6.07, 6.45) is 0. The molecule has 19 heavy (non-hydrogen) atoms. The molecule has 0 bridgehead atoms. The molecule has 0 aliphatic heterocycles. The van der Waals surface area contributed by atoms with Gasteiger partial charge in [-0.1, -0.05) is 17.7 Å². The number of carbonyl (C=O) groups excluding carboxylic acids is 1. The fourth-order valence-corrected chi connectivity index (χ4v) is 2.72. The highest BCUT2D eigenvalue weighted by atomic mass is 32.1. The van der Waals surface area contributed by atoms with Crippen LogP contribution < -0.4 is 5.32 Å². The largest absolute Gasteiger partial charge is 0.387 e. The molecule has 2 rings (SSSR count). The molecule has 1 heterocycles. The number of nitrogens with one attached hydrogen (secondary N) is 1. The molecule has 0 saturated heterocycles. The van der Waals surface area contributed by atoms with E-state index in [1.165, 1.54) is 4.88 Å². The maximum atomic E-state index is 12.5. The van der Waals surface area contributed by atoms with Crippen molar-refractivity contribution in [2.75, 3.05) is 19.4 Å². The van der Waals surface area contributed by atoms with E-state index in [0.29, 0.717) is 6.54 Å². The quantitative estimate of drug-likeness (QED) is 0.927. The second kappa shape index (κ2) is 5.89. The zero-order valence-corrected chi connectivity index (χ0v) is 12.3. The van der Waals surface area contributed by atoms with Crippen LogP contribution in [0.2, 0.25) is 0 Å². The predicted molar refractivity (Wildman–Crippen MR) is 80.8 cm³/mol. The molecule has 0 aliphatic carbocycles. The van der Waals surface area contributed by atoms with Crippen LogP contribution in [0.1, 0.15) is 20.8 Å². The van der Waals surface area contributed by atoms with Gasteiger partial charge >= 0.3 is 0 Å². The summed E-state index contributed by atoms with van der Waals surface area (Å²) in [4.78, 5) is 15.4. The third kappa shape index (κ3) is 3.15. The predicted octanol–water partition coefficient (Wildman–Crippen LogP) is 3.37. The fourth-order valence-electron chi connectivity index (χ4n) is 1.97. The fraction of sp³-hybridized carbons (Fsp3) is 0.267. The molecule has 0 spiro atoms. The number of amides is 1. The van der Waals surface area contributed by atoms with E-state index in [1.807, 2.05) is 56.7 Å². The molecular formula is C15H18N2OS. The molecule has 100 valence electrons. The summed E-state index contributed by atoms with van der Waals surface area (Å²) < 4.78 is 0. The smallest absolute Gasteiger partial charge is 0.256 e. The zero-order chi connectivity index (χ0) is 13.8. The minimum absolute atomic E-state index is 0.0430. The molecule has 0 saturated carbocycles. The first-order valence-electron chi connectivity index (χ1n) is 6.18. The van der Waals surface area contributed by atoms with E-state index in [9.17, 15) is 4.79 Å². The Kier molecular flexibility index (Phi) is 4.22. The third-order valence-electron chi connectivity index (χ3n) is 2.99. The topological polar surface area (TPSA) is 32.3 Å². The zero-order valence-electron chi connectivity index (χ0n) is 11.4. The molecule has 1 N–H and O–H groups in total. The molecule has 1 amide bonds. The van der Waals surface area contributed by atoms with Crippen molar-refractivity contribution in [3.8, 4) is 0 Å². The first-order chi connectivity index (χ1) is 9.11. The SMILES string of the molecule is CNc1ccc(C)cc1C(=O)N(C)Cc1cccs1. The molecule has 0 fully saturated rings. The number of hydrogen-bond acceptors (Lipinski definition) is 3. The van der Waals surface area contributed by atoms with E-state index in [-0.39, 0.29) is 5.91 Å². The van der Waals surface area contributed by atoms with E-state index in [1.54, 1.807) is 16.2 Å². The maximum Gasteiger partial charge on any atom is 0.256 e. The normalized spacial score (nSPS) is 10.3. The van der Waals surface area contributed by atoms with Crippen molar-refractivity contribution in [2.24, 2.45) is 0 Å². The molecule has 3 nitrogen and oxygen atoms in total. The molecule has 0 aliphatic rings. The number of hydrogen-bond donors (Lipinski definition) is 1. The van der Waals surface area contributed by atoms with Crippen LogP contribution in [-0.2, 0) is 6.54 Å². The number of carbonyl (C=O) groups is 1. The van der Waals surface area contributed by atoms with Gasteiger partial charge in [0, 0.05) is 24.7 Å². The first kappa shape index (κ1) is 13.6. The second-order valence-electron chi connectivity index (χ2n) is 4.54. The lowest BCUT2D eigenvalue weighted by molar-refractivity contribution is 0.0787. The van der Waals surface area contributed by atoms with Crippen LogP contribution in [0, 0.1) is 6.92 Å². The Morgan fingerprint density at radius 1 is 1.37 bits per heavy atom. The number of nitrogens with zero attached hydrogens (tertiary/aromatic N) is 1. The minimum atomic E-state index is 0.0430. The summed E-state index contributed by atoms with van der Waals surface area (Å²) in [6.45, 7) is 2.64. The van der Waals surface area contributed by atoms with Gasteiger partial charge in [0.15, 0.2) is 0 Å². The van der Waals surface area contributed by atoms with Crippen LogP contribution in [0.4, 0.5) is 5.69 Å². The van der Waals surface area contributed by atoms with Crippen molar-refractivity contribution >= 4 is 22.9 Å². The third-order valence-corrected chi connectivity index (χ3v) is 3.86. The maximum absolute atomic E-state index is 12.5. The second-order valence-corrected chi connectivity index (χ2v) is 5.57. The molecule has 0 unspecified atom stereocenters. The summed E-state index contributed by atoms with van der Waals surface area (Å²) in [7, 11) is 3.67. The molecule has 2 aromatic rings. The first-order valence-corrected chi connectivity index (χ1v) is 7.06. The van der Waals surface area contributed by atoms with Crippen molar-refractivity contribution in [1.82, 2.24) is 4.90 Å². The van der Waals surface area contributed by atoms with E-state index >= 15 is 0 Å². The van der Waals surface area contributed by atoms with Gasteiger partial charge in [-0.2, -0.15) is 0 Å². The number of anilines is 1. The monoisotopic (exact) mass is 274 g/mol. The van der Waals surface area contributed by atoms with Gasteiger partial charge in [-0.05, 0) is 30.5 Å². The van der Waals surface area contributed by atoms with Crippen molar-refractivity contribution in [1.29, 1.82) is 0 Å². The van der Waals surface area contributed by atoms with Gasteiger partial charge < -0.3 is 10.2 Å². The van der Waals surface area contributed by atoms with E-state index in [2.05, 4.69) is 5.32 Å². The lowest BCUT2D eigenvalue weighted by atomic mass is 10.1. The average molecular weight is 274 g/mol. The van der Waals surface area contributed by atoms with Crippen molar-refractivity contribution < 1.29 is 4.79 Å². The Morgan fingerprint density at radius 3 is 2.79 bits per heavy atom. The summed E-state index contributed by atoms with van der Waals surface area (Å²) in [5, 5.41) is 5.10. The summed E-state index contributed by atoms with van der Waals surface area (Å²) >= 11 is 1.67. The van der Waals surface area contributed by atoms with E-state index in [0.717, 1.165) is 16.8 Å². The molecule has 4 heteroatoms. The number of thiophene rings is 1. The van der Waals surface area contributed by atoms with Crippen LogP contribution in [0.15, 0.2) is 35.7 Å². The Morgan fingerprint density at radius 2 is 2.16 bits per heavy atom. The Bertz CT molecular complexity index is 564. The molecule has 0 radical (unpaired) electrons. The van der Waals surface area contributed by atoms with Gasteiger partial charge in [-0.3, -0.25) is 4.79 Å². The Labute approximate surface area is 117 Å². The molecular weight excluding hydrogens is 256 g/mol. The highest BCUT2D eigenvalue weighted by Gasteiger charge is 2.16. The van der Waals surface area contributed by atoms with Crippen LogP contribution >= 0.6 is 11.3 Å². The van der Waals surface area contributed by atoms with Gasteiger partial charge in [0.25, 0.3) is 5.91 Å². The summed E-state index contributed by atoms with van der Waals surface area (Å²) in [5.74, 6) is 0.0430. The Balaban J connectivity index is 2.21. The van der Waals surface area contributed by atoms with E-state index in [4.69, 9.17) is 0 Å². The van der Waals surface area contributed by atoms with Gasteiger partial charge in [0.05, 0.1) is 12.1 Å². The van der Waals surface area contributed by atoms with Gasteiger partial charge in [-0.25, -0.2) is 0 Å². The molecule has 1 aromatic carbocycles. The van der Waals surface area contributed by atoms with Gasteiger partial charge in [0.2, 0.25) is 0 Å². The number of benzene rings is 1. The average Bonchev–Trinajstić information content (AvgIpc) is 2.90. The minimum Gasteiger partial charge on any atom is -0.387 e. The standard InChI is InChI=1S/C15H18N2OS/c1-11-6-7-14(16-2)13(9-11)15(18)17(3)10-12-5-4-8-19-12/h4-9,16H,10H2,1-3H3.